The number of phenols is 1. The number of carbonyl (C=O) groups is 1. The van der Waals surface area contributed by atoms with Crippen molar-refractivity contribution >= 4 is 5.78 Å². The summed E-state index contributed by atoms with van der Waals surface area (Å²) >= 11 is 0. The van der Waals surface area contributed by atoms with Gasteiger partial charge in [-0.15, -0.1) is 0 Å². The van der Waals surface area contributed by atoms with Gasteiger partial charge in [-0.1, -0.05) is 32.3 Å². The number of benzene rings is 1. The Bertz CT molecular complexity index is 435. The fraction of sp³-hybridized carbons (Fsp3) is 0.562. The Morgan fingerprint density at radius 3 is 2.78 bits per heavy atom. The van der Waals surface area contributed by atoms with Crippen LogP contribution in [-0.2, 0) is 12.8 Å². The normalized spacial score (nSPS) is 14.6. The van der Waals surface area contributed by atoms with Gasteiger partial charge in [0.1, 0.15) is 5.75 Å². The third-order valence-electron chi connectivity index (χ3n) is 3.75. The van der Waals surface area contributed by atoms with Crippen LogP contribution in [0.5, 0.6) is 5.75 Å². The second kappa shape index (κ2) is 6.03. The van der Waals surface area contributed by atoms with Gasteiger partial charge in [0.2, 0.25) is 0 Å². The van der Waals surface area contributed by atoms with E-state index in [0.29, 0.717) is 12.2 Å². The van der Waals surface area contributed by atoms with E-state index in [9.17, 15) is 9.90 Å². The molecule has 0 saturated heterocycles. The number of phenolic OH excluding ortho intramolecular Hbond substituents is 1. The summed E-state index contributed by atoms with van der Waals surface area (Å²) in [4.78, 5) is 11.7. The lowest BCUT2D eigenvalue weighted by Crippen LogP contribution is -2.11. The Morgan fingerprint density at radius 1 is 1.17 bits per heavy atom. The summed E-state index contributed by atoms with van der Waals surface area (Å²) in [6.45, 7) is 2.20. The molecule has 0 heterocycles. The number of carbonyl (C=O) groups excluding carboxylic acids is 1. The van der Waals surface area contributed by atoms with Crippen molar-refractivity contribution in [2.24, 2.45) is 0 Å². The zero-order chi connectivity index (χ0) is 13.0. The Hall–Kier alpha value is -1.31. The van der Waals surface area contributed by atoms with Crippen molar-refractivity contribution in [3.05, 3.63) is 28.8 Å². The molecule has 1 aromatic carbocycles. The molecule has 0 spiro atoms. The fourth-order valence-electron chi connectivity index (χ4n) is 2.67. The quantitative estimate of drug-likeness (QED) is 0.796. The van der Waals surface area contributed by atoms with Gasteiger partial charge in [0, 0.05) is 12.0 Å². The average molecular weight is 246 g/mol. The smallest absolute Gasteiger partial charge is 0.163 e. The van der Waals surface area contributed by atoms with Gasteiger partial charge in [0.25, 0.3) is 0 Å². The van der Waals surface area contributed by atoms with E-state index in [1.807, 2.05) is 6.07 Å². The zero-order valence-electron chi connectivity index (χ0n) is 11.2. The number of unbranched alkanes of at least 4 members (excludes halogenated alkanes) is 3. The van der Waals surface area contributed by atoms with Gasteiger partial charge in [-0.25, -0.2) is 0 Å². The molecule has 1 aliphatic rings. The van der Waals surface area contributed by atoms with Gasteiger partial charge < -0.3 is 5.11 Å². The molecule has 18 heavy (non-hydrogen) atoms. The minimum absolute atomic E-state index is 0.184. The van der Waals surface area contributed by atoms with Gasteiger partial charge >= 0.3 is 0 Å². The third-order valence-corrected chi connectivity index (χ3v) is 3.75. The predicted molar refractivity (Wildman–Crippen MR) is 73.2 cm³/mol. The van der Waals surface area contributed by atoms with Crippen LogP contribution in [0, 0.1) is 0 Å². The highest BCUT2D eigenvalue weighted by Gasteiger charge is 2.19. The molecular weight excluding hydrogens is 224 g/mol. The first-order chi connectivity index (χ1) is 8.72. The van der Waals surface area contributed by atoms with Crippen molar-refractivity contribution in [1.29, 1.82) is 0 Å². The van der Waals surface area contributed by atoms with Crippen molar-refractivity contribution in [2.75, 3.05) is 0 Å². The van der Waals surface area contributed by atoms with E-state index in [1.54, 1.807) is 6.07 Å². The lowest BCUT2D eigenvalue weighted by molar-refractivity contribution is 0.0972. The highest BCUT2D eigenvalue weighted by atomic mass is 16.3. The maximum atomic E-state index is 11.7. The Labute approximate surface area is 109 Å². The summed E-state index contributed by atoms with van der Waals surface area (Å²) in [5.41, 5.74) is 2.89. The van der Waals surface area contributed by atoms with Gasteiger partial charge in [-0.2, -0.15) is 0 Å². The number of aryl methyl sites for hydroxylation is 2. The maximum Gasteiger partial charge on any atom is 0.163 e. The Balaban J connectivity index is 2.10. The first kappa shape index (κ1) is 13.1. The molecule has 0 radical (unpaired) electrons. The molecule has 0 amide bonds. The number of aromatic hydroxyl groups is 1. The first-order valence-electron chi connectivity index (χ1n) is 7.10. The third kappa shape index (κ3) is 2.92. The van der Waals surface area contributed by atoms with Crippen LogP contribution in [-0.4, -0.2) is 10.9 Å². The minimum Gasteiger partial charge on any atom is -0.508 e. The Kier molecular flexibility index (Phi) is 4.40. The van der Waals surface area contributed by atoms with Gasteiger partial charge in [0.05, 0.1) is 0 Å². The molecule has 2 nitrogen and oxygen atoms in total. The standard InChI is InChI=1S/C16H22O2/c1-2-3-4-5-7-13-10-12-8-6-9-15(17)14(12)11-16(13)18/h10-11,18H,2-9H2,1H3. The van der Waals surface area contributed by atoms with Crippen molar-refractivity contribution in [2.45, 2.75) is 58.3 Å². The van der Waals surface area contributed by atoms with Crippen LogP contribution in [0.1, 0.15) is 66.9 Å². The highest BCUT2D eigenvalue weighted by molar-refractivity contribution is 5.98. The van der Waals surface area contributed by atoms with Crippen LogP contribution in [0.15, 0.2) is 12.1 Å². The van der Waals surface area contributed by atoms with Crippen LogP contribution in [0.4, 0.5) is 0 Å². The van der Waals surface area contributed by atoms with E-state index in [2.05, 4.69) is 6.92 Å². The predicted octanol–water partition coefficient (Wildman–Crippen LogP) is 4.03. The van der Waals surface area contributed by atoms with E-state index in [1.165, 1.54) is 19.3 Å². The molecule has 98 valence electrons. The largest absolute Gasteiger partial charge is 0.508 e. The monoisotopic (exact) mass is 246 g/mol. The molecule has 2 heteroatoms. The second-order valence-corrected chi connectivity index (χ2v) is 5.23. The van der Waals surface area contributed by atoms with E-state index in [4.69, 9.17) is 0 Å². The van der Waals surface area contributed by atoms with E-state index in [-0.39, 0.29) is 5.78 Å². The van der Waals surface area contributed by atoms with Crippen LogP contribution in [0.3, 0.4) is 0 Å². The summed E-state index contributed by atoms with van der Waals surface area (Å²) in [6, 6.07) is 3.74. The van der Waals surface area contributed by atoms with Crippen LogP contribution in [0.2, 0.25) is 0 Å². The van der Waals surface area contributed by atoms with E-state index in [0.717, 1.165) is 42.4 Å². The van der Waals surface area contributed by atoms with Gasteiger partial charge in [-0.05, 0) is 42.9 Å². The van der Waals surface area contributed by atoms with Crippen molar-refractivity contribution in [3.8, 4) is 5.75 Å². The molecule has 1 aromatic rings. The summed E-state index contributed by atoms with van der Waals surface area (Å²) < 4.78 is 0. The Morgan fingerprint density at radius 2 is 2.00 bits per heavy atom. The SMILES string of the molecule is CCCCCCc1cc2c(cc1O)C(=O)CCC2. The first-order valence-corrected chi connectivity index (χ1v) is 7.10. The molecule has 0 unspecified atom stereocenters. The van der Waals surface area contributed by atoms with E-state index >= 15 is 0 Å². The number of fused-ring (bicyclic) bond motifs is 1. The van der Waals surface area contributed by atoms with Crippen LogP contribution >= 0.6 is 0 Å². The summed E-state index contributed by atoms with van der Waals surface area (Å²) in [7, 11) is 0. The number of rotatable bonds is 5. The fourth-order valence-corrected chi connectivity index (χ4v) is 2.67. The second-order valence-electron chi connectivity index (χ2n) is 5.23. The number of Topliss-reactive ketones (excluding diaryl/α,β-unsaturated/α-hetero) is 1. The average Bonchev–Trinajstić information content (AvgIpc) is 2.36. The molecule has 0 atom stereocenters. The van der Waals surface area contributed by atoms with Crippen molar-refractivity contribution in [1.82, 2.24) is 0 Å². The highest BCUT2D eigenvalue weighted by Crippen LogP contribution is 2.29. The lowest BCUT2D eigenvalue weighted by Gasteiger charge is -2.17. The molecule has 1 aliphatic carbocycles. The molecule has 0 aromatic heterocycles. The van der Waals surface area contributed by atoms with Crippen LogP contribution in [0.25, 0.3) is 0 Å². The topological polar surface area (TPSA) is 37.3 Å². The minimum atomic E-state index is 0.184. The summed E-state index contributed by atoms with van der Waals surface area (Å²) in [6.07, 6.45) is 8.29. The van der Waals surface area contributed by atoms with E-state index < -0.39 is 0 Å². The molecule has 2 rings (SSSR count). The maximum absolute atomic E-state index is 11.7. The molecule has 0 bridgehead atoms. The summed E-state index contributed by atoms with van der Waals surface area (Å²) in [5, 5.41) is 9.99. The van der Waals surface area contributed by atoms with Gasteiger partial charge in [0.15, 0.2) is 5.78 Å². The van der Waals surface area contributed by atoms with Crippen molar-refractivity contribution in [3.63, 3.8) is 0 Å². The molecule has 0 aliphatic heterocycles. The number of hydrogen-bond acceptors (Lipinski definition) is 2. The number of ketones is 1. The molecule has 0 fully saturated rings. The lowest BCUT2D eigenvalue weighted by atomic mass is 9.88. The van der Waals surface area contributed by atoms with Gasteiger partial charge in [-0.3, -0.25) is 4.79 Å². The molecule has 1 N–H and O–H groups in total. The summed E-state index contributed by atoms with van der Waals surface area (Å²) in [5.74, 6) is 0.490. The molecular formula is C16H22O2. The number of hydrogen-bond donors (Lipinski definition) is 1. The molecule has 0 saturated carbocycles. The van der Waals surface area contributed by atoms with Crippen molar-refractivity contribution < 1.29 is 9.90 Å². The van der Waals surface area contributed by atoms with Crippen LogP contribution < -0.4 is 0 Å². The zero-order valence-corrected chi connectivity index (χ0v) is 11.2.